The molecule has 2 nitrogen and oxygen atoms in total. The van der Waals surface area contributed by atoms with Crippen LogP contribution in [-0.4, -0.2) is 22.8 Å². The predicted octanol–water partition coefficient (Wildman–Crippen LogP) is 3.92. The molecule has 1 radical (unpaired) electrons. The number of hydrogen-bond donors (Lipinski definition) is 0. The smallest absolute Gasteiger partial charge is 0.334 e. The Labute approximate surface area is 96.6 Å². The monoisotopic (exact) mass is 231 g/mol. The third kappa shape index (κ3) is 8.00. The van der Waals surface area contributed by atoms with E-state index >= 15 is 0 Å². The topological polar surface area (TPSA) is 18.5 Å². The first-order chi connectivity index (χ1) is 7.18. The minimum atomic E-state index is -1.78. The van der Waals surface area contributed by atoms with Crippen LogP contribution in [0.3, 0.4) is 0 Å². The van der Waals surface area contributed by atoms with Gasteiger partial charge in [-0.05, 0) is 19.0 Å². The van der Waals surface area contributed by atoms with Gasteiger partial charge in [0.25, 0.3) is 0 Å². The highest BCUT2D eigenvalue weighted by Crippen LogP contribution is 2.17. The molecular formula is C12H27O2Si. The van der Waals surface area contributed by atoms with Gasteiger partial charge in [-0.2, -0.15) is 0 Å². The molecule has 0 aliphatic heterocycles. The average Bonchev–Trinajstić information content (AvgIpc) is 2.27. The molecule has 0 unspecified atom stereocenters. The molecule has 91 valence electrons. The van der Waals surface area contributed by atoms with Gasteiger partial charge in [0, 0.05) is 14.2 Å². The molecule has 0 saturated heterocycles. The second-order valence-electron chi connectivity index (χ2n) is 4.26. The van der Waals surface area contributed by atoms with E-state index in [0.717, 1.165) is 6.04 Å². The number of hydrogen-bond acceptors (Lipinski definition) is 2. The zero-order valence-corrected chi connectivity index (χ0v) is 11.8. The maximum atomic E-state index is 5.44. The predicted molar refractivity (Wildman–Crippen MR) is 68.1 cm³/mol. The lowest BCUT2D eigenvalue weighted by Gasteiger charge is -2.22. The van der Waals surface area contributed by atoms with Crippen molar-refractivity contribution in [3.8, 4) is 0 Å². The SMILES string of the molecule is C[CH]CCCCCCC[Si](C)(OC)OC. The van der Waals surface area contributed by atoms with E-state index in [2.05, 4.69) is 19.9 Å². The largest absolute Gasteiger partial charge is 0.398 e. The van der Waals surface area contributed by atoms with Crippen LogP contribution in [0.2, 0.25) is 12.6 Å². The van der Waals surface area contributed by atoms with Gasteiger partial charge >= 0.3 is 8.56 Å². The van der Waals surface area contributed by atoms with Gasteiger partial charge in [-0.15, -0.1) is 0 Å². The van der Waals surface area contributed by atoms with Gasteiger partial charge in [-0.3, -0.25) is 0 Å². The molecule has 0 fully saturated rings. The Balaban J connectivity index is 3.29. The molecule has 0 aromatic carbocycles. The molecule has 0 N–H and O–H groups in total. The number of unbranched alkanes of at least 4 members (excludes halogenated alkanes) is 6. The van der Waals surface area contributed by atoms with Crippen LogP contribution in [0.4, 0.5) is 0 Å². The Morgan fingerprint density at radius 2 is 1.47 bits per heavy atom. The van der Waals surface area contributed by atoms with Crippen molar-refractivity contribution >= 4 is 8.56 Å². The maximum absolute atomic E-state index is 5.44. The van der Waals surface area contributed by atoms with E-state index in [4.69, 9.17) is 8.85 Å². The van der Waals surface area contributed by atoms with E-state index in [0.29, 0.717) is 0 Å². The summed E-state index contributed by atoms with van der Waals surface area (Å²) < 4.78 is 10.9. The zero-order valence-electron chi connectivity index (χ0n) is 10.8. The molecule has 0 aliphatic carbocycles. The zero-order chi connectivity index (χ0) is 11.6. The molecule has 0 bridgehead atoms. The lowest BCUT2D eigenvalue weighted by atomic mass is 10.1. The summed E-state index contributed by atoms with van der Waals surface area (Å²) in [6, 6.07) is 1.12. The van der Waals surface area contributed by atoms with Crippen LogP contribution >= 0.6 is 0 Å². The standard InChI is InChI=1S/C12H27O2Si/c1-5-6-7-8-9-10-11-12-15(4,13-2)14-3/h5H,6-12H2,1-4H3. The summed E-state index contributed by atoms with van der Waals surface area (Å²) in [6.07, 6.45) is 10.1. The van der Waals surface area contributed by atoms with Crippen LogP contribution in [0.25, 0.3) is 0 Å². The molecule has 0 amide bonds. The minimum absolute atomic E-state index is 1.12. The minimum Gasteiger partial charge on any atom is -0.398 e. The quantitative estimate of drug-likeness (QED) is 0.419. The van der Waals surface area contributed by atoms with E-state index in [1.54, 1.807) is 14.2 Å². The fraction of sp³-hybridized carbons (Fsp3) is 0.917. The first-order valence-electron chi connectivity index (χ1n) is 6.06. The van der Waals surface area contributed by atoms with E-state index < -0.39 is 8.56 Å². The van der Waals surface area contributed by atoms with Crippen molar-refractivity contribution in [1.82, 2.24) is 0 Å². The van der Waals surface area contributed by atoms with Crippen LogP contribution in [0.5, 0.6) is 0 Å². The summed E-state index contributed by atoms with van der Waals surface area (Å²) in [6.45, 7) is 4.27. The van der Waals surface area contributed by atoms with E-state index in [1.807, 2.05) is 0 Å². The van der Waals surface area contributed by atoms with Gasteiger partial charge in [-0.1, -0.05) is 45.4 Å². The van der Waals surface area contributed by atoms with E-state index in [9.17, 15) is 0 Å². The average molecular weight is 231 g/mol. The first-order valence-corrected chi connectivity index (χ1v) is 8.59. The third-order valence-corrected chi connectivity index (χ3v) is 5.98. The van der Waals surface area contributed by atoms with E-state index in [-0.39, 0.29) is 0 Å². The molecule has 3 heteroatoms. The Bertz CT molecular complexity index is 136. The molecule has 15 heavy (non-hydrogen) atoms. The molecule has 0 saturated carbocycles. The van der Waals surface area contributed by atoms with Gasteiger partial charge < -0.3 is 8.85 Å². The molecule has 0 atom stereocenters. The fourth-order valence-corrected chi connectivity index (χ4v) is 3.08. The van der Waals surface area contributed by atoms with Crippen LogP contribution in [-0.2, 0) is 8.85 Å². The molecular weight excluding hydrogens is 204 g/mol. The van der Waals surface area contributed by atoms with Crippen LogP contribution in [0.1, 0.15) is 45.4 Å². The van der Waals surface area contributed by atoms with Crippen LogP contribution in [0, 0.1) is 6.42 Å². The molecule has 0 aromatic rings. The van der Waals surface area contributed by atoms with Gasteiger partial charge in [0.05, 0.1) is 0 Å². The second kappa shape index (κ2) is 9.37. The summed E-state index contributed by atoms with van der Waals surface area (Å²) >= 11 is 0. The second-order valence-corrected chi connectivity index (χ2v) is 7.84. The Hall–Kier alpha value is 0.137. The summed E-state index contributed by atoms with van der Waals surface area (Å²) in [5.74, 6) is 0. The van der Waals surface area contributed by atoms with Crippen LogP contribution in [0.15, 0.2) is 0 Å². The highest BCUT2D eigenvalue weighted by molar-refractivity contribution is 6.65. The normalized spacial score (nSPS) is 12.0. The summed E-state index contributed by atoms with van der Waals surface area (Å²) in [7, 11) is 1.76. The Kier molecular flexibility index (Phi) is 9.45. The van der Waals surface area contributed by atoms with Crippen molar-refractivity contribution in [2.75, 3.05) is 14.2 Å². The van der Waals surface area contributed by atoms with Crippen LogP contribution < -0.4 is 0 Å². The molecule has 0 aliphatic rings. The van der Waals surface area contributed by atoms with Gasteiger partial charge in [-0.25, -0.2) is 0 Å². The maximum Gasteiger partial charge on any atom is 0.334 e. The molecule has 0 rings (SSSR count). The Morgan fingerprint density at radius 3 is 2.00 bits per heavy atom. The van der Waals surface area contributed by atoms with Crippen molar-refractivity contribution in [1.29, 1.82) is 0 Å². The highest BCUT2D eigenvalue weighted by Gasteiger charge is 2.27. The summed E-state index contributed by atoms with van der Waals surface area (Å²) in [5, 5.41) is 0. The highest BCUT2D eigenvalue weighted by atomic mass is 28.4. The van der Waals surface area contributed by atoms with Crippen molar-refractivity contribution in [3.05, 3.63) is 6.42 Å². The molecule has 0 aromatic heterocycles. The van der Waals surface area contributed by atoms with Crippen molar-refractivity contribution in [2.24, 2.45) is 0 Å². The van der Waals surface area contributed by atoms with E-state index in [1.165, 1.54) is 38.5 Å². The molecule has 0 spiro atoms. The van der Waals surface area contributed by atoms with Gasteiger partial charge in [0.15, 0.2) is 0 Å². The first kappa shape index (κ1) is 15.1. The molecule has 0 heterocycles. The van der Waals surface area contributed by atoms with Gasteiger partial charge in [0.1, 0.15) is 0 Å². The third-order valence-electron chi connectivity index (χ3n) is 2.99. The summed E-state index contributed by atoms with van der Waals surface area (Å²) in [5.41, 5.74) is 0. The summed E-state index contributed by atoms with van der Waals surface area (Å²) in [4.78, 5) is 0. The van der Waals surface area contributed by atoms with Crippen molar-refractivity contribution < 1.29 is 8.85 Å². The Morgan fingerprint density at radius 1 is 0.933 bits per heavy atom. The fourth-order valence-electron chi connectivity index (χ4n) is 1.61. The van der Waals surface area contributed by atoms with Crippen molar-refractivity contribution in [3.63, 3.8) is 0 Å². The number of rotatable bonds is 10. The lowest BCUT2D eigenvalue weighted by molar-refractivity contribution is 0.248. The van der Waals surface area contributed by atoms with Gasteiger partial charge in [0.2, 0.25) is 0 Å². The van der Waals surface area contributed by atoms with Crippen molar-refractivity contribution in [2.45, 2.75) is 58.0 Å². The lowest BCUT2D eigenvalue weighted by Crippen LogP contribution is -2.35.